The van der Waals surface area contributed by atoms with Crippen molar-refractivity contribution in [1.29, 1.82) is 0 Å². The maximum Gasteiger partial charge on any atom is 0.261 e. The topological polar surface area (TPSA) is 77.0 Å². The highest BCUT2D eigenvalue weighted by Crippen LogP contribution is 2.27. The van der Waals surface area contributed by atoms with Crippen LogP contribution in [0.25, 0.3) is 10.6 Å². The Hall–Kier alpha value is -2.80. The second-order valence-electron chi connectivity index (χ2n) is 4.27. The Morgan fingerprint density at radius 3 is 2.82 bits per heavy atom. The first-order chi connectivity index (χ1) is 10.8. The molecule has 0 radical (unpaired) electrons. The minimum Gasteiger partial charge on any atom is -0.496 e. The molecule has 0 saturated carbocycles. The Bertz CT molecular complexity index is 789. The number of benzene rings is 1. The molecule has 110 valence electrons. The van der Waals surface area contributed by atoms with E-state index in [-0.39, 0.29) is 5.91 Å². The van der Waals surface area contributed by atoms with Crippen LogP contribution in [-0.4, -0.2) is 28.0 Å². The minimum absolute atomic E-state index is 0.266. The highest BCUT2D eigenvalue weighted by atomic mass is 32.1. The van der Waals surface area contributed by atoms with Crippen molar-refractivity contribution in [3.05, 3.63) is 54.6 Å². The molecular formula is C15H12N4O2S. The lowest BCUT2D eigenvalue weighted by Crippen LogP contribution is -2.12. The Morgan fingerprint density at radius 1 is 1.18 bits per heavy atom. The molecule has 7 heteroatoms. The molecule has 0 bridgehead atoms. The predicted octanol–water partition coefficient (Wildman–Crippen LogP) is 2.86. The molecule has 3 aromatic rings. The number of carbonyl (C=O) groups excluding carboxylic acids is 1. The van der Waals surface area contributed by atoms with E-state index in [9.17, 15) is 4.79 Å². The van der Waals surface area contributed by atoms with Gasteiger partial charge in [-0.3, -0.25) is 20.1 Å². The lowest BCUT2D eigenvalue weighted by atomic mass is 10.2. The van der Waals surface area contributed by atoms with Crippen LogP contribution in [0.2, 0.25) is 0 Å². The fourth-order valence-electron chi connectivity index (χ4n) is 1.87. The van der Waals surface area contributed by atoms with Gasteiger partial charge in [0.15, 0.2) is 5.13 Å². The maximum atomic E-state index is 12.3. The van der Waals surface area contributed by atoms with Crippen molar-refractivity contribution in [1.82, 2.24) is 15.0 Å². The molecule has 1 aromatic carbocycles. The number of ether oxygens (including phenoxy) is 1. The van der Waals surface area contributed by atoms with Gasteiger partial charge >= 0.3 is 0 Å². The number of nitrogens with one attached hydrogen (secondary N) is 1. The van der Waals surface area contributed by atoms with Gasteiger partial charge in [0.1, 0.15) is 11.4 Å². The highest BCUT2D eigenvalue weighted by molar-refractivity contribution is 7.19. The molecule has 22 heavy (non-hydrogen) atoms. The molecule has 0 saturated heterocycles. The van der Waals surface area contributed by atoms with Gasteiger partial charge < -0.3 is 4.74 Å². The summed E-state index contributed by atoms with van der Waals surface area (Å²) in [5, 5.41) is 3.26. The van der Waals surface area contributed by atoms with Crippen LogP contribution in [0.3, 0.4) is 0 Å². The second kappa shape index (κ2) is 6.31. The van der Waals surface area contributed by atoms with E-state index in [0.29, 0.717) is 16.4 Å². The number of aromatic nitrogens is 3. The van der Waals surface area contributed by atoms with Gasteiger partial charge in [-0.05, 0) is 12.1 Å². The quantitative estimate of drug-likeness (QED) is 0.801. The zero-order chi connectivity index (χ0) is 15.4. The number of thiazole rings is 1. The SMILES string of the molecule is COc1ccccc1C(=O)Nc1ncc(-c2cnccn2)s1. The van der Waals surface area contributed by atoms with Crippen LogP contribution in [-0.2, 0) is 0 Å². The molecule has 0 spiro atoms. The largest absolute Gasteiger partial charge is 0.496 e. The van der Waals surface area contributed by atoms with Crippen LogP contribution < -0.4 is 10.1 Å². The van der Waals surface area contributed by atoms with E-state index in [1.165, 1.54) is 18.4 Å². The fourth-order valence-corrected chi connectivity index (χ4v) is 2.65. The van der Waals surface area contributed by atoms with E-state index in [4.69, 9.17) is 4.74 Å². The van der Waals surface area contributed by atoms with Crippen LogP contribution >= 0.6 is 11.3 Å². The molecule has 0 aliphatic heterocycles. The van der Waals surface area contributed by atoms with Crippen molar-refractivity contribution in [3.8, 4) is 16.3 Å². The van der Waals surface area contributed by atoms with Gasteiger partial charge in [0, 0.05) is 18.6 Å². The van der Waals surface area contributed by atoms with Gasteiger partial charge in [0.2, 0.25) is 0 Å². The smallest absolute Gasteiger partial charge is 0.261 e. The summed E-state index contributed by atoms with van der Waals surface area (Å²) in [5.74, 6) is 0.253. The van der Waals surface area contributed by atoms with E-state index in [0.717, 1.165) is 10.6 Å². The van der Waals surface area contributed by atoms with E-state index < -0.39 is 0 Å². The standard InChI is InChI=1S/C15H12N4O2S/c1-21-12-5-3-2-4-10(12)14(20)19-15-18-9-13(22-15)11-8-16-6-7-17-11/h2-9H,1H3,(H,18,19,20). The van der Waals surface area contributed by atoms with Crippen LogP contribution in [0.4, 0.5) is 5.13 Å². The first-order valence-electron chi connectivity index (χ1n) is 6.44. The third kappa shape index (κ3) is 2.94. The summed E-state index contributed by atoms with van der Waals surface area (Å²) in [4.78, 5) is 25.5. The third-order valence-corrected chi connectivity index (χ3v) is 3.83. The average molecular weight is 312 g/mol. The molecule has 0 atom stereocenters. The maximum absolute atomic E-state index is 12.3. The van der Waals surface area contributed by atoms with E-state index in [2.05, 4.69) is 20.3 Å². The predicted molar refractivity (Wildman–Crippen MR) is 84.1 cm³/mol. The van der Waals surface area contributed by atoms with Crippen LogP contribution in [0.5, 0.6) is 5.75 Å². The number of methoxy groups -OCH3 is 1. The third-order valence-electron chi connectivity index (χ3n) is 2.89. The summed E-state index contributed by atoms with van der Waals surface area (Å²) in [7, 11) is 1.53. The minimum atomic E-state index is -0.266. The average Bonchev–Trinajstić information content (AvgIpc) is 3.04. The molecule has 0 aliphatic rings. The fraction of sp³-hybridized carbons (Fsp3) is 0.0667. The van der Waals surface area contributed by atoms with Crippen molar-refractivity contribution in [2.24, 2.45) is 0 Å². The molecule has 0 aliphatic carbocycles. The molecule has 3 rings (SSSR count). The summed E-state index contributed by atoms with van der Waals surface area (Å²) >= 11 is 1.34. The highest BCUT2D eigenvalue weighted by Gasteiger charge is 2.14. The Kier molecular flexibility index (Phi) is 4.06. The van der Waals surface area contributed by atoms with Gasteiger partial charge in [-0.2, -0.15) is 0 Å². The van der Waals surface area contributed by atoms with E-state index >= 15 is 0 Å². The van der Waals surface area contributed by atoms with Gasteiger partial charge in [0.25, 0.3) is 5.91 Å². The van der Waals surface area contributed by atoms with Gasteiger partial charge in [-0.15, -0.1) is 0 Å². The molecule has 0 fully saturated rings. The number of para-hydroxylation sites is 1. The van der Waals surface area contributed by atoms with Gasteiger partial charge in [-0.25, -0.2) is 4.98 Å². The lowest BCUT2D eigenvalue weighted by Gasteiger charge is -2.06. The monoisotopic (exact) mass is 312 g/mol. The normalized spacial score (nSPS) is 10.2. The number of amides is 1. The molecule has 6 nitrogen and oxygen atoms in total. The van der Waals surface area contributed by atoms with Crippen molar-refractivity contribution in [2.45, 2.75) is 0 Å². The first-order valence-corrected chi connectivity index (χ1v) is 7.26. The Labute approximate surface area is 130 Å². The molecule has 0 unspecified atom stereocenters. The van der Waals surface area contributed by atoms with Crippen LogP contribution in [0.15, 0.2) is 49.1 Å². The number of hydrogen-bond acceptors (Lipinski definition) is 6. The number of nitrogens with zero attached hydrogens (tertiary/aromatic N) is 3. The Balaban J connectivity index is 1.79. The zero-order valence-electron chi connectivity index (χ0n) is 11.7. The summed E-state index contributed by atoms with van der Waals surface area (Å²) < 4.78 is 5.18. The molecular weight excluding hydrogens is 300 g/mol. The van der Waals surface area contributed by atoms with E-state index in [1.54, 1.807) is 43.0 Å². The van der Waals surface area contributed by atoms with E-state index in [1.807, 2.05) is 6.07 Å². The first kappa shape index (κ1) is 14.2. The molecule has 2 heterocycles. The van der Waals surface area contributed by atoms with Crippen molar-refractivity contribution >= 4 is 22.4 Å². The van der Waals surface area contributed by atoms with Crippen LogP contribution in [0.1, 0.15) is 10.4 Å². The zero-order valence-corrected chi connectivity index (χ0v) is 12.5. The summed E-state index contributed by atoms with van der Waals surface area (Å²) in [6.07, 6.45) is 6.53. The van der Waals surface area contributed by atoms with Crippen molar-refractivity contribution in [2.75, 3.05) is 12.4 Å². The summed E-state index contributed by atoms with van der Waals surface area (Å²) in [6, 6.07) is 7.03. The molecule has 1 N–H and O–H groups in total. The second-order valence-corrected chi connectivity index (χ2v) is 5.31. The number of anilines is 1. The number of carbonyl (C=O) groups is 1. The van der Waals surface area contributed by atoms with Crippen molar-refractivity contribution < 1.29 is 9.53 Å². The summed E-state index contributed by atoms with van der Waals surface area (Å²) in [5.41, 5.74) is 1.18. The number of rotatable bonds is 4. The van der Waals surface area contributed by atoms with Gasteiger partial charge in [0.05, 0.1) is 23.7 Å². The summed E-state index contributed by atoms with van der Waals surface area (Å²) in [6.45, 7) is 0. The molecule has 2 aromatic heterocycles. The Morgan fingerprint density at radius 2 is 2.05 bits per heavy atom. The van der Waals surface area contributed by atoms with Crippen LogP contribution in [0, 0.1) is 0 Å². The van der Waals surface area contributed by atoms with Gasteiger partial charge in [-0.1, -0.05) is 23.5 Å². The van der Waals surface area contributed by atoms with Crippen molar-refractivity contribution in [3.63, 3.8) is 0 Å². The molecule has 1 amide bonds. The lowest BCUT2D eigenvalue weighted by molar-refractivity contribution is 0.102. The number of hydrogen-bond donors (Lipinski definition) is 1.